The molecule has 2 radical (unpaired) electrons. The van der Waals surface area contributed by atoms with E-state index in [1.54, 1.807) is 0 Å². The predicted molar refractivity (Wildman–Crippen MR) is 21.0 cm³/mol. The Morgan fingerprint density at radius 3 is 1.14 bits per heavy atom. The number of hydrogen-bond acceptors (Lipinski definition) is 2. The summed E-state index contributed by atoms with van der Waals surface area (Å²) in [5.41, 5.74) is 0. The Morgan fingerprint density at radius 2 is 1.14 bits per heavy atom. The zero-order valence-corrected chi connectivity index (χ0v) is 7.86. The zero-order valence-electron chi connectivity index (χ0n) is 3.42. The summed E-state index contributed by atoms with van der Waals surface area (Å²) < 4.78 is 0. The van der Waals surface area contributed by atoms with Crippen molar-refractivity contribution in [1.82, 2.24) is 0 Å². The van der Waals surface area contributed by atoms with Gasteiger partial charge in [0.2, 0.25) is 0 Å². The third kappa shape index (κ3) is 6.51. The van der Waals surface area contributed by atoms with Crippen LogP contribution in [0.5, 0.6) is 0 Å². The summed E-state index contributed by atoms with van der Waals surface area (Å²) in [6.07, 6.45) is 0. The first-order chi connectivity index (χ1) is 2.64. The van der Waals surface area contributed by atoms with Crippen molar-refractivity contribution in [2.45, 2.75) is 0 Å². The van der Waals surface area contributed by atoms with Crippen LogP contribution in [0.25, 0.3) is 0 Å². The number of carbonyl (C=O) groups is 2. The fourth-order valence-corrected chi connectivity index (χ4v) is 0. The molecule has 0 aromatic carbocycles. The molecule has 0 spiro atoms. The zero-order chi connectivity index (χ0) is 5.15. The Hall–Kier alpha value is 0.511. The van der Waals surface area contributed by atoms with Crippen LogP contribution in [0.4, 0.5) is 0 Å². The molecule has 0 atom stereocenters. The van der Waals surface area contributed by atoms with Crippen molar-refractivity contribution in [3.8, 4) is 0 Å². The van der Waals surface area contributed by atoms with Gasteiger partial charge in [-0.25, -0.2) is 9.59 Å². The van der Waals surface area contributed by atoms with Gasteiger partial charge in [-0.1, -0.05) is 0 Å². The van der Waals surface area contributed by atoms with Gasteiger partial charge < -0.3 is 10.2 Å². The van der Waals surface area contributed by atoms with E-state index in [2.05, 4.69) is 0 Å². The first-order valence-corrected chi connectivity index (χ1v) is 1.11. The molecule has 0 bridgehead atoms. The molecule has 0 fully saturated rings. The van der Waals surface area contributed by atoms with E-state index in [1.165, 1.54) is 0 Å². The largest absolute Gasteiger partial charge is 0.473 e. The van der Waals surface area contributed by atoms with Crippen LogP contribution in [0.3, 0.4) is 0 Å². The summed E-state index contributed by atoms with van der Waals surface area (Å²) in [4.78, 5) is 18.2. The van der Waals surface area contributed by atoms with E-state index in [4.69, 9.17) is 19.8 Å². The van der Waals surface area contributed by atoms with Gasteiger partial charge in [-0.05, 0) is 0 Å². The third-order valence-corrected chi connectivity index (χ3v) is 0.183. The molecule has 0 saturated heterocycles. The number of hydrogen-bond donors (Lipinski definition) is 2. The SMILES string of the molecule is O=C(O)C(=O)O.[Ba]. The molecular formula is C2H2BaO4. The summed E-state index contributed by atoms with van der Waals surface area (Å²) in [5, 5.41) is 14.8. The molecule has 0 unspecified atom stereocenters. The second-order valence-electron chi connectivity index (χ2n) is 0.610. The van der Waals surface area contributed by atoms with Crippen LogP contribution in [-0.2, 0) is 9.59 Å². The van der Waals surface area contributed by atoms with E-state index in [-0.39, 0.29) is 48.9 Å². The molecule has 0 rings (SSSR count). The van der Waals surface area contributed by atoms with Gasteiger partial charge in [0, 0.05) is 48.9 Å². The fourth-order valence-electron chi connectivity index (χ4n) is 0. The van der Waals surface area contributed by atoms with E-state index < -0.39 is 11.9 Å². The van der Waals surface area contributed by atoms with Crippen LogP contribution in [0.1, 0.15) is 0 Å². The van der Waals surface area contributed by atoms with Gasteiger partial charge in [0.1, 0.15) is 0 Å². The second kappa shape index (κ2) is 4.67. The molecule has 0 heterocycles. The van der Waals surface area contributed by atoms with E-state index in [9.17, 15) is 0 Å². The maximum Gasteiger partial charge on any atom is 0.414 e. The normalized spacial score (nSPS) is 6.29. The van der Waals surface area contributed by atoms with Crippen molar-refractivity contribution in [2.24, 2.45) is 0 Å². The summed E-state index contributed by atoms with van der Waals surface area (Å²) in [6, 6.07) is 0. The van der Waals surface area contributed by atoms with Crippen molar-refractivity contribution in [2.75, 3.05) is 0 Å². The summed E-state index contributed by atoms with van der Waals surface area (Å²) in [7, 11) is 0. The van der Waals surface area contributed by atoms with Gasteiger partial charge in [0.25, 0.3) is 0 Å². The number of carboxylic acids is 2. The number of aliphatic carboxylic acids is 2. The van der Waals surface area contributed by atoms with Crippen LogP contribution in [0, 0.1) is 0 Å². The molecule has 5 heteroatoms. The Morgan fingerprint density at radius 1 is 1.00 bits per heavy atom. The monoisotopic (exact) mass is 228 g/mol. The van der Waals surface area contributed by atoms with Gasteiger partial charge in [-0.2, -0.15) is 0 Å². The molecule has 0 aliphatic carbocycles. The minimum Gasteiger partial charge on any atom is -0.473 e. The number of rotatable bonds is 0. The van der Waals surface area contributed by atoms with Crippen molar-refractivity contribution < 1.29 is 19.8 Å². The van der Waals surface area contributed by atoms with Gasteiger partial charge in [-0.3, -0.25) is 0 Å². The summed E-state index contributed by atoms with van der Waals surface area (Å²) in [6.45, 7) is 0. The average molecular weight is 227 g/mol. The summed E-state index contributed by atoms with van der Waals surface area (Å²) >= 11 is 0. The quantitative estimate of drug-likeness (QED) is 0.402. The van der Waals surface area contributed by atoms with Crippen LogP contribution < -0.4 is 0 Å². The molecule has 7 heavy (non-hydrogen) atoms. The van der Waals surface area contributed by atoms with Crippen LogP contribution in [0.15, 0.2) is 0 Å². The molecular weight excluding hydrogens is 225 g/mol. The summed E-state index contributed by atoms with van der Waals surface area (Å²) in [5.74, 6) is -3.65. The molecule has 0 amide bonds. The molecule has 0 saturated carbocycles. The van der Waals surface area contributed by atoms with E-state index >= 15 is 0 Å². The van der Waals surface area contributed by atoms with Crippen LogP contribution >= 0.6 is 0 Å². The fraction of sp³-hybridized carbons (Fsp3) is 0. The predicted octanol–water partition coefficient (Wildman–Crippen LogP) is -1.23. The van der Waals surface area contributed by atoms with Crippen molar-refractivity contribution in [3.63, 3.8) is 0 Å². The van der Waals surface area contributed by atoms with Crippen molar-refractivity contribution in [1.29, 1.82) is 0 Å². The molecule has 0 aliphatic rings. The molecule has 2 N–H and O–H groups in total. The standard InChI is InChI=1S/C2H2O4.Ba/c3-1(4)2(5)6;/h(H,3,4)(H,5,6);. The first-order valence-electron chi connectivity index (χ1n) is 1.11. The Bertz CT molecular complexity index is 75.7. The van der Waals surface area contributed by atoms with E-state index in [1.807, 2.05) is 0 Å². The topological polar surface area (TPSA) is 74.6 Å². The van der Waals surface area contributed by atoms with Gasteiger partial charge >= 0.3 is 11.9 Å². The number of carboxylic acid groups (broad SMARTS) is 2. The maximum absolute atomic E-state index is 9.10. The minimum absolute atomic E-state index is 0. The molecule has 4 nitrogen and oxygen atoms in total. The van der Waals surface area contributed by atoms with E-state index in [0.717, 1.165) is 0 Å². The Kier molecular flexibility index (Phi) is 6.99. The van der Waals surface area contributed by atoms with Gasteiger partial charge in [0.15, 0.2) is 0 Å². The molecule has 0 aliphatic heterocycles. The molecule has 0 aromatic rings. The Labute approximate surface area is 79.6 Å². The maximum atomic E-state index is 9.10. The van der Waals surface area contributed by atoms with Crippen LogP contribution in [-0.4, -0.2) is 71.0 Å². The van der Waals surface area contributed by atoms with Gasteiger partial charge in [0.05, 0.1) is 0 Å². The minimum atomic E-state index is -1.82. The average Bonchev–Trinajstić information content (AvgIpc) is 1.36. The molecule has 0 aromatic heterocycles. The van der Waals surface area contributed by atoms with Crippen molar-refractivity contribution in [3.05, 3.63) is 0 Å². The molecule has 36 valence electrons. The Balaban J connectivity index is 0. The van der Waals surface area contributed by atoms with Crippen molar-refractivity contribution >= 4 is 60.8 Å². The van der Waals surface area contributed by atoms with E-state index in [0.29, 0.717) is 0 Å². The van der Waals surface area contributed by atoms with Crippen LogP contribution in [0.2, 0.25) is 0 Å². The second-order valence-corrected chi connectivity index (χ2v) is 0.610. The first kappa shape index (κ1) is 10.5. The smallest absolute Gasteiger partial charge is 0.414 e. The van der Waals surface area contributed by atoms with Gasteiger partial charge in [-0.15, -0.1) is 0 Å². The third-order valence-electron chi connectivity index (χ3n) is 0.183.